The molecule has 0 aromatic rings. The molecule has 0 unspecified atom stereocenters. The minimum absolute atomic E-state index is 0.194. The number of hydrogen-bond acceptors (Lipinski definition) is 12. The van der Waals surface area contributed by atoms with Crippen LogP contribution in [-0.2, 0) is 57.1 Å². The molecular formula is C19H28O12. The third-order valence-corrected chi connectivity index (χ3v) is 4.06. The van der Waals surface area contributed by atoms with Gasteiger partial charge in [-0.05, 0) is 6.92 Å². The molecule has 0 spiro atoms. The first-order valence-electron chi connectivity index (χ1n) is 9.46. The third-order valence-electron chi connectivity index (χ3n) is 4.06. The minimum atomic E-state index is -1.34. The lowest BCUT2D eigenvalue weighted by molar-refractivity contribution is -0.309. The highest BCUT2D eigenvalue weighted by Crippen LogP contribution is 2.30. The molecule has 0 saturated carbocycles. The lowest BCUT2D eigenvalue weighted by Crippen LogP contribution is -2.63. The summed E-state index contributed by atoms with van der Waals surface area (Å²) in [4.78, 5) is 58.0. The standard InChI is InChI=1S/C19H28O12/c1-9(18(24)25-6)7-27-19-17(30-13(5)23)16(29-12(4)22)15(28-11(3)21)14(31-19)8-26-10(2)20/h9,14-17,19H,7-8H2,1-6H3/t9-,14+,15+,16-,17+,19+/m0/s1. The summed E-state index contributed by atoms with van der Waals surface area (Å²) in [5, 5.41) is 0. The van der Waals surface area contributed by atoms with Gasteiger partial charge in [-0.25, -0.2) is 0 Å². The minimum Gasteiger partial charge on any atom is -0.469 e. The molecule has 12 nitrogen and oxygen atoms in total. The first-order chi connectivity index (χ1) is 14.5. The summed E-state index contributed by atoms with van der Waals surface area (Å²) in [6.45, 7) is 5.49. The van der Waals surface area contributed by atoms with Crippen LogP contribution in [0.2, 0.25) is 0 Å². The van der Waals surface area contributed by atoms with Crippen molar-refractivity contribution in [1.29, 1.82) is 0 Å². The van der Waals surface area contributed by atoms with Crippen molar-refractivity contribution in [3.05, 3.63) is 0 Å². The molecule has 0 aromatic carbocycles. The van der Waals surface area contributed by atoms with Gasteiger partial charge in [-0.1, -0.05) is 0 Å². The fourth-order valence-corrected chi connectivity index (χ4v) is 2.83. The fourth-order valence-electron chi connectivity index (χ4n) is 2.83. The highest BCUT2D eigenvalue weighted by Gasteiger charge is 2.52. The Balaban J connectivity index is 3.25. The molecule has 0 bridgehead atoms. The maximum absolute atomic E-state index is 11.7. The van der Waals surface area contributed by atoms with E-state index in [9.17, 15) is 24.0 Å². The SMILES string of the molecule is COC(=O)[C@@H](C)CO[C@@H]1O[C@H](COC(C)=O)[C@@H](OC(C)=O)[C@H](OC(C)=O)[C@H]1OC(C)=O. The number of carbonyl (C=O) groups is 5. The second-order valence-electron chi connectivity index (χ2n) is 6.83. The van der Waals surface area contributed by atoms with E-state index in [4.69, 9.17) is 28.4 Å². The number of carbonyl (C=O) groups excluding carboxylic acids is 5. The summed E-state index contributed by atoms with van der Waals surface area (Å²) < 4.78 is 36.7. The highest BCUT2D eigenvalue weighted by molar-refractivity contribution is 5.72. The van der Waals surface area contributed by atoms with Crippen LogP contribution < -0.4 is 0 Å². The Morgan fingerprint density at radius 2 is 1.32 bits per heavy atom. The van der Waals surface area contributed by atoms with Gasteiger partial charge in [-0.3, -0.25) is 24.0 Å². The molecule has 0 radical (unpaired) electrons. The van der Waals surface area contributed by atoms with E-state index in [0.29, 0.717) is 0 Å². The van der Waals surface area contributed by atoms with Crippen molar-refractivity contribution in [2.24, 2.45) is 5.92 Å². The molecule has 6 atom stereocenters. The van der Waals surface area contributed by atoms with Gasteiger partial charge < -0.3 is 33.2 Å². The average Bonchev–Trinajstić information content (AvgIpc) is 2.66. The number of ether oxygens (including phenoxy) is 7. The number of esters is 5. The Kier molecular flexibility index (Phi) is 10.4. The predicted molar refractivity (Wildman–Crippen MR) is 99.1 cm³/mol. The Morgan fingerprint density at radius 3 is 1.81 bits per heavy atom. The van der Waals surface area contributed by atoms with Crippen LogP contribution in [0.25, 0.3) is 0 Å². The summed E-state index contributed by atoms with van der Waals surface area (Å²) in [6, 6.07) is 0. The molecule has 1 aliphatic heterocycles. The number of methoxy groups -OCH3 is 1. The van der Waals surface area contributed by atoms with Crippen molar-refractivity contribution in [1.82, 2.24) is 0 Å². The second kappa shape index (κ2) is 12.2. The highest BCUT2D eigenvalue weighted by atomic mass is 16.7. The van der Waals surface area contributed by atoms with Crippen molar-refractivity contribution in [2.45, 2.75) is 65.3 Å². The lowest BCUT2D eigenvalue weighted by atomic mass is 9.98. The van der Waals surface area contributed by atoms with Gasteiger partial charge in [-0.2, -0.15) is 0 Å². The van der Waals surface area contributed by atoms with Crippen LogP contribution in [0.15, 0.2) is 0 Å². The summed E-state index contributed by atoms with van der Waals surface area (Å²) in [6.07, 6.45) is -6.42. The molecule has 1 saturated heterocycles. The number of hydrogen-bond donors (Lipinski definition) is 0. The monoisotopic (exact) mass is 448 g/mol. The first-order valence-corrected chi connectivity index (χ1v) is 9.46. The zero-order valence-corrected chi connectivity index (χ0v) is 18.3. The maximum Gasteiger partial charge on any atom is 0.310 e. The smallest absolute Gasteiger partial charge is 0.310 e. The largest absolute Gasteiger partial charge is 0.469 e. The topological polar surface area (TPSA) is 150 Å². The summed E-state index contributed by atoms with van der Waals surface area (Å²) in [5.74, 6) is -4.12. The van der Waals surface area contributed by atoms with Crippen LogP contribution in [0, 0.1) is 5.92 Å². The zero-order chi connectivity index (χ0) is 23.7. The molecule has 0 amide bonds. The van der Waals surface area contributed by atoms with Gasteiger partial charge in [0.25, 0.3) is 0 Å². The van der Waals surface area contributed by atoms with Crippen molar-refractivity contribution >= 4 is 29.8 Å². The summed E-state index contributed by atoms with van der Waals surface area (Å²) >= 11 is 0. The molecule has 31 heavy (non-hydrogen) atoms. The van der Waals surface area contributed by atoms with E-state index in [1.807, 2.05) is 0 Å². The first kappa shape index (κ1) is 26.3. The predicted octanol–water partition coefficient (Wildman–Crippen LogP) is -0.105. The summed E-state index contributed by atoms with van der Waals surface area (Å²) in [5.41, 5.74) is 0. The zero-order valence-electron chi connectivity index (χ0n) is 18.3. The van der Waals surface area contributed by atoms with Gasteiger partial charge in [-0.15, -0.1) is 0 Å². The van der Waals surface area contributed by atoms with E-state index in [0.717, 1.165) is 20.8 Å². The third kappa shape index (κ3) is 8.50. The van der Waals surface area contributed by atoms with E-state index in [-0.39, 0.29) is 13.2 Å². The molecule has 0 aliphatic carbocycles. The Labute approximate surface area is 179 Å². The van der Waals surface area contributed by atoms with Crippen LogP contribution in [0.4, 0.5) is 0 Å². The van der Waals surface area contributed by atoms with E-state index in [1.165, 1.54) is 21.0 Å². The number of rotatable bonds is 9. The lowest BCUT2D eigenvalue weighted by Gasteiger charge is -2.44. The second-order valence-corrected chi connectivity index (χ2v) is 6.83. The Morgan fingerprint density at radius 1 is 0.806 bits per heavy atom. The average molecular weight is 448 g/mol. The van der Waals surface area contributed by atoms with Crippen molar-refractivity contribution in [3.63, 3.8) is 0 Å². The van der Waals surface area contributed by atoms with Crippen molar-refractivity contribution in [3.8, 4) is 0 Å². The van der Waals surface area contributed by atoms with Crippen LogP contribution in [-0.4, -0.2) is 80.9 Å². The molecule has 1 heterocycles. The van der Waals surface area contributed by atoms with Gasteiger partial charge in [0.1, 0.15) is 12.7 Å². The van der Waals surface area contributed by atoms with Gasteiger partial charge >= 0.3 is 29.8 Å². The molecule has 1 fully saturated rings. The van der Waals surface area contributed by atoms with Gasteiger partial charge in [0.15, 0.2) is 24.6 Å². The van der Waals surface area contributed by atoms with Crippen LogP contribution in [0.5, 0.6) is 0 Å². The van der Waals surface area contributed by atoms with Crippen LogP contribution >= 0.6 is 0 Å². The molecule has 1 aliphatic rings. The van der Waals surface area contributed by atoms with Crippen LogP contribution in [0.1, 0.15) is 34.6 Å². The quantitative estimate of drug-likeness (QED) is 0.342. The van der Waals surface area contributed by atoms with Crippen molar-refractivity contribution < 1.29 is 57.1 Å². The molecule has 176 valence electrons. The van der Waals surface area contributed by atoms with Gasteiger partial charge in [0.05, 0.1) is 19.6 Å². The molecular weight excluding hydrogens is 420 g/mol. The molecule has 0 aromatic heterocycles. The van der Waals surface area contributed by atoms with E-state index >= 15 is 0 Å². The maximum atomic E-state index is 11.7. The Bertz CT molecular complexity index is 675. The Hall–Kier alpha value is -2.73. The van der Waals surface area contributed by atoms with Gasteiger partial charge in [0, 0.05) is 27.7 Å². The van der Waals surface area contributed by atoms with Crippen molar-refractivity contribution in [2.75, 3.05) is 20.3 Å². The van der Waals surface area contributed by atoms with E-state index in [1.54, 1.807) is 0 Å². The molecule has 1 rings (SSSR count). The molecule has 12 heteroatoms. The molecule has 0 N–H and O–H groups in total. The van der Waals surface area contributed by atoms with Crippen LogP contribution in [0.3, 0.4) is 0 Å². The fraction of sp³-hybridized carbons (Fsp3) is 0.737. The van der Waals surface area contributed by atoms with E-state index in [2.05, 4.69) is 4.74 Å². The normalized spacial score (nSPS) is 26.2. The van der Waals surface area contributed by atoms with E-state index < -0.39 is 66.5 Å². The summed E-state index contributed by atoms with van der Waals surface area (Å²) in [7, 11) is 1.22. The van der Waals surface area contributed by atoms with Gasteiger partial charge in [0.2, 0.25) is 0 Å².